The minimum absolute atomic E-state index is 0.0776. The average Bonchev–Trinajstić information content (AvgIpc) is 3.30. The normalized spacial score (nSPS) is 12.9. The molecular formula is C23H28N6O3. The van der Waals surface area contributed by atoms with Crippen LogP contribution in [0.15, 0.2) is 55.0 Å². The van der Waals surface area contributed by atoms with Gasteiger partial charge in [0, 0.05) is 38.8 Å². The van der Waals surface area contributed by atoms with Gasteiger partial charge in [0.15, 0.2) is 0 Å². The first-order chi connectivity index (χ1) is 15.3. The molecule has 168 valence electrons. The molecule has 2 aromatic carbocycles. The van der Waals surface area contributed by atoms with Crippen molar-refractivity contribution in [2.45, 2.75) is 25.3 Å². The highest BCUT2D eigenvalue weighted by atomic mass is 16.2. The number of hydrazine groups is 1. The molecule has 0 aliphatic carbocycles. The Morgan fingerprint density at radius 2 is 1.75 bits per heavy atom. The molecule has 2 atom stereocenters. The number of benzene rings is 2. The Morgan fingerprint density at radius 1 is 1.03 bits per heavy atom. The van der Waals surface area contributed by atoms with Crippen LogP contribution in [-0.4, -0.2) is 57.7 Å². The quantitative estimate of drug-likeness (QED) is 0.274. The maximum atomic E-state index is 13.2. The Labute approximate surface area is 186 Å². The number of amides is 3. The third kappa shape index (κ3) is 5.37. The summed E-state index contributed by atoms with van der Waals surface area (Å²) in [6.07, 6.45) is 3.37. The number of carbonyl (C=O) groups excluding carboxylic acids is 3. The Balaban J connectivity index is 1.82. The monoisotopic (exact) mass is 436 g/mol. The molecule has 0 radical (unpaired) electrons. The van der Waals surface area contributed by atoms with Crippen molar-refractivity contribution in [2.24, 2.45) is 17.5 Å². The molecule has 9 nitrogen and oxygen atoms in total. The standard InChI is InChI=1S/C23H28N6O3/c1-28(2)21(30)11-17(10-16-8-5-7-15-6-3-4-9-19(15)16)22(31)29(25)23(32)20(24)12-18-13-26-14-27-18/h3-9,13-14,17,20H,10-12,24-25H2,1-2H3,(H,26,27)/t17?,20-/m0/s1. The lowest BCUT2D eigenvalue weighted by atomic mass is 9.91. The van der Waals surface area contributed by atoms with E-state index < -0.39 is 23.8 Å². The minimum Gasteiger partial charge on any atom is -0.349 e. The van der Waals surface area contributed by atoms with E-state index in [1.807, 2.05) is 42.5 Å². The molecule has 5 N–H and O–H groups in total. The molecule has 1 aromatic heterocycles. The van der Waals surface area contributed by atoms with E-state index in [1.54, 1.807) is 20.3 Å². The fourth-order valence-electron chi connectivity index (χ4n) is 3.58. The number of nitrogens with zero attached hydrogens (tertiary/aromatic N) is 3. The Bertz CT molecular complexity index is 1090. The van der Waals surface area contributed by atoms with Crippen molar-refractivity contribution in [2.75, 3.05) is 14.1 Å². The Hall–Kier alpha value is -3.56. The molecule has 3 rings (SSSR count). The number of imidazole rings is 1. The number of rotatable bonds is 8. The lowest BCUT2D eigenvalue weighted by molar-refractivity contribution is -0.150. The Kier molecular flexibility index (Phi) is 7.34. The number of nitrogens with two attached hydrogens (primary N) is 2. The second-order valence-electron chi connectivity index (χ2n) is 7.97. The molecule has 0 saturated heterocycles. The predicted octanol–water partition coefficient (Wildman–Crippen LogP) is 0.999. The van der Waals surface area contributed by atoms with Crippen LogP contribution in [0.4, 0.5) is 0 Å². The van der Waals surface area contributed by atoms with E-state index >= 15 is 0 Å². The van der Waals surface area contributed by atoms with Gasteiger partial charge in [-0.05, 0) is 22.8 Å². The van der Waals surface area contributed by atoms with Gasteiger partial charge >= 0.3 is 0 Å². The van der Waals surface area contributed by atoms with Gasteiger partial charge in [-0.15, -0.1) is 0 Å². The predicted molar refractivity (Wildman–Crippen MR) is 121 cm³/mol. The van der Waals surface area contributed by atoms with Crippen molar-refractivity contribution >= 4 is 28.5 Å². The number of nitrogens with one attached hydrogen (secondary N) is 1. The van der Waals surface area contributed by atoms with Gasteiger partial charge in [-0.1, -0.05) is 42.5 Å². The van der Waals surface area contributed by atoms with Crippen molar-refractivity contribution in [3.05, 3.63) is 66.2 Å². The van der Waals surface area contributed by atoms with Crippen molar-refractivity contribution in [3.8, 4) is 0 Å². The Morgan fingerprint density at radius 3 is 2.44 bits per heavy atom. The lowest BCUT2D eigenvalue weighted by Gasteiger charge is -2.25. The number of aromatic nitrogens is 2. The summed E-state index contributed by atoms with van der Waals surface area (Å²) in [5.74, 6) is 3.51. The summed E-state index contributed by atoms with van der Waals surface area (Å²) in [4.78, 5) is 46.6. The molecule has 32 heavy (non-hydrogen) atoms. The van der Waals surface area contributed by atoms with Crippen LogP contribution in [0.25, 0.3) is 10.8 Å². The van der Waals surface area contributed by atoms with E-state index in [-0.39, 0.29) is 25.2 Å². The van der Waals surface area contributed by atoms with E-state index in [0.717, 1.165) is 16.3 Å². The lowest BCUT2D eigenvalue weighted by Crippen LogP contribution is -2.53. The second kappa shape index (κ2) is 10.2. The summed E-state index contributed by atoms with van der Waals surface area (Å²) in [6, 6.07) is 12.6. The number of hydrogen-bond donors (Lipinski definition) is 3. The van der Waals surface area contributed by atoms with Gasteiger partial charge in [-0.25, -0.2) is 15.8 Å². The minimum atomic E-state index is -1.02. The first-order valence-corrected chi connectivity index (χ1v) is 10.3. The summed E-state index contributed by atoms with van der Waals surface area (Å²) < 4.78 is 0. The number of fused-ring (bicyclic) bond motifs is 1. The van der Waals surface area contributed by atoms with E-state index in [4.69, 9.17) is 11.6 Å². The fraction of sp³-hybridized carbons (Fsp3) is 0.304. The fourth-order valence-corrected chi connectivity index (χ4v) is 3.58. The molecule has 0 spiro atoms. The van der Waals surface area contributed by atoms with Crippen LogP contribution in [0.2, 0.25) is 0 Å². The first-order valence-electron chi connectivity index (χ1n) is 10.3. The van der Waals surface area contributed by atoms with Gasteiger partial charge < -0.3 is 15.6 Å². The van der Waals surface area contributed by atoms with Gasteiger partial charge in [0.25, 0.3) is 5.91 Å². The zero-order chi connectivity index (χ0) is 23.3. The van der Waals surface area contributed by atoms with Crippen LogP contribution in [0.3, 0.4) is 0 Å². The molecule has 3 aromatic rings. The zero-order valence-corrected chi connectivity index (χ0v) is 18.2. The zero-order valence-electron chi connectivity index (χ0n) is 18.2. The highest BCUT2D eigenvalue weighted by Gasteiger charge is 2.32. The summed E-state index contributed by atoms with van der Waals surface area (Å²) in [5.41, 5.74) is 7.53. The van der Waals surface area contributed by atoms with Crippen LogP contribution < -0.4 is 11.6 Å². The van der Waals surface area contributed by atoms with Gasteiger partial charge in [-0.3, -0.25) is 14.4 Å². The van der Waals surface area contributed by atoms with Crippen LogP contribution >= 0.6 is 0 Å². The maximum Gasteiger partial charge on any atom is 0.260 e. The molecule has 9 heteroatoms. The average molecular weight is 437 g/mol. The van der Waals surface area contributed by atoms with Crippen LogP contribution in [0.5, 0.6) is 0 Å². The second-order valence-corrected chi connectivity index (χ2v) is 7.97. The smallest absolute Gasteiger partial charge is 0.260 e. The largest absolute Gasteiger partial charge is 0.349 e. The van der Waals surface area contributed by atoms with Crippen molar-refractivity contribution < 1.29 is 14.4 Å². The van der Waals surface area contributed by atoms with Crippen LogP contribution in [0, 0.1) is 5.92 Å². The molecule has 0 bridgehead atoms. The van der Waals surface area contributed by atoms with Crippen molar-refractivity contribution in [1.29, 1.82) is 0 Å². The highest BCUT2D eigenvalue weighted by molar-refractivity contribution is 5.99. The van der Waals surface area contributed by atoms with Crippen LogP contribution in [0.1, 0.15) is 17.7 Å². The number of H-pyrrole nitrogens is 1. The number of hydrogen-bond acceptors (Lipinski definition) is 6. The summed E-state index contributed by atoms with van der Waals surface area (Å²) in [7, 11) is 3.24. The van der Waals surface area contributed by atoms with Crippen LogP contribution in [-0.2, 0) is 27.2 Å². The van der Waals surface area contributed by atoms with Gasteiger partial charge in [0.05, 0.1) is 18.3 Å². The highest BCUT2D eigenvalue weighted by Crippen LogP contribution is 2.24. The summed E-state index contributed by atoms with van der Waals surface area (Å²) in [5, 5.41) is 2.56. The molecule has 1 unspecified atom stereocenters. The topological polar surface area (TPSA) is 138 Å². The third-order valence-electron chi connectivity index (χ3n) is 5.40. The van der Waals surface area contributed by atoms with E-state index in [1.165, 1.54) is 11.2 Å². The molecule has 1 heterocycles. The van der Waals surface area contributed by atoms with Gasteiger partial charge in [0.1, 0.15) is 0 Å². The van der Waals surface area contributed by atoms with Gasteiger partial charge in [0.2, 0.25) is 11.8 Å². The number of imide groups is 1. The summed E-state index contributed by atoms with van der Waals surface area (Å²) in [6.45, 7) is 0. The molecule has 0 aliphatic rings. The SMILES string of the molecule is CN(C)C(=O)CC(Cc1cccc2ccccc12)C(=O)N(N)C(=O)[C@@H](N)Cc1cnc[nH]1. The summed E-state index contributed by atoms with van der Waals surface area (Å²) >= 11 is 0. The van der Waals surface area contributed by atoms with E-state index in [0.29, 0.717) is 10.7 Å². The molecule has 3 amide bonds. The van der Waals surface area contributed by atoms with Gasteiger partial charge in [-0.2, -0.15) is 0 Å². The molecule has 0 saturated carbocycles. The number of carbonyl (C=O) groups is 3. The maximum absolute atomic E-state index is 13.2. The first kappa shape index (κ1) is 23.1. The molecule has 0 aliphatic heterocycles. The third-order valence-corrected chi connectivity index (χ3v) is 5.40. The van der Waals surface area contributed by atoms with E-state index in [2.05, 4.69) is 9.97 Å². The van der Waals surface area contributed by atoms with Crippen molar-refractivity contribution in [3.63, 3.8) is 0 Å². The number of aromatic amines is 1. The molecule has 0 fully saturated rings. The van der Waals surface area contributed by atoms with E-state index in [9.17, 15) is 14.4 Å². The molecular weight excluding hydrogens is 408 g/mol. The van der Waals surface area contributed by atoms with Crippen molar-refractivity contribution in [1.82, 2.24) is 19.9 Å².